The van der Waals surface area contributed by atoms with Crippen molar-refractivity contribution >= 4 is 77.2 Å². The van der Waals surface area contributed by atoms with Crippen molar-refractivity contribution in [3.63, 3.8) is 0 Å². The van der Waals surface area contributed by atoms with Crippen LogP contribution in [0.15, 0.2) is 189 Å². The van der Waals surface area contributed by atoms with Crippen LogP contribution in [0, 0.1) is 17.3 Å². The third kappa shape index (κ3) is 22.9. The molecule has 6 heterocycles. The smallest absolute Gasteiger partial charge is 0.333 e. The van der Waals surface area contributed by atoms with Crippen LogP contribution >= 0.6 is 0 Å². The van der Waals surface area contributed by atoms with Crippen molar-refractivity contribution in [2.24, 2.45) is 17.3 Å². The summed E-state index contributed by atoms with van der Waals surface area (Å²) in [7, 11) is -3.11. The Bertz CT molecular complexity index is 6550. The highest BCUT2D eigenvalue weighted by atomic mass is 32.2. The van der Waals surface area contributed by atoms with Gasteiger partial charge >= 0.3 is 22.8 Å². The van der Waals surface area contributed by atoms with Crippen LogP contribution in [0.25, 0.3) is 66.9 Å². The lowest BCUT2D eigenvalue weighted by molar-refractivity contribution is -0.141. The van der Waals surface area contributed by atoms with Gasteiger partial charge in [0.15, 0.2) is 27.2 Å². The minimum absolute atomic E-state index is 0.0109. The van der Waals surface area contributed by atoms with Gasteiger partial charge in [-0.1, -0.05) is 44.0 Å². The first-order valence-corrected chi connectivity index (χ1v) is 47.6. The molecule has 4 fully saturated rings. The number of aliphatic hydroxyl groups is 3. The van der Waals surface area contributed by atoms with Gasteiger partial charge in [-0.3, -0.25) is 55.7 Å². The predicted octanol–water partition coefficient (Wildman–Crippen LogP) is 18.0. The number of hydrogen-bond donors (Lipinski definition) is 4. The second-order valence-corrected chi connectivity index (χ2v) is 38.9. The van der Waals surface area contributed by atoms with Crippen LogP contribution in [0.3, 0.4) is 0 Å². The lowest BCUT2D eigenvalue weighted by Crippen LogP contribution is -2.54. The molecule has 0 spiro atoms. The highest BCUT2D eigenvalue weighted by Gasteiger charge is 2.47. The number of Topliss-reactive ketones (excluding diaryl/α,β-unsaturated/α-hetero) is 3. The third-order valence-electron chi connectivity index (χ3n) is 24.8. The number of carbonyl (C=O) groups excluding carboxylic acids is 4. The number of halogens is 6. The number of alkyl halides is 6. The summed E-state index contributed by atoms with van der Waals surface area (Å²) < 4.78 is 143. The van der Waals surface area contributed by atoms with E-state index in [1.807, 2.05) is 62.3 Å². The van der Waals surface area contributed by atoms with Crippen LogP contribution < -0.4 is 47.0 Å². The maximum absolute atomic E-state index is 13.9. The minimum atomic E-state index is -3.26. The first kappa shape index (κ1) is 100. The zero-order valence-electron chi connectivity index (χ0n) is 77.8. The first-order chi connectivity index (χ1) is 63.9. The molecule has 2 aliphatic heterocycles. The van der Waals surface area contributed by atoms with Gasteiger partial charge in [0.25, 0.3) is 11.8 Å². The fourth-order valence-corrected chi connectivity index (χ4v) is 20.7. The number of nitrogens with one attached hydrogen (secondary N) is 1. The monoisotopic (exact) mass is 1890 g/mol. The Morgan fingerprint density at radius 3 is 1.10 bits per heavy atom. The lowest BCUT2D eigenvalue weighted by Gasteiger charge is -2.34. The molecule has 12 aromatic rings. The summed E-state index contributed by atoms with van der Waals surface area (Å²) in [6.45, 7) is 22.8. The van der Waals surface area contributed by atoms with Crippen molar-refractivity contribution in [3.05, 3.63) is 234 Å². The summed E-state index contributed by atoms with van der Waals surface area (Å²) in [6.07, 6.45) is -3.58. The van der Waals surface area contributed by atoms with Crippen LogP contribution in [0.4, 0.5) is 26.3 Å². The first-order valence-electron chi connectivity index (χ1n) is 45.7. The van der Waals surface area contributed by atoms with E-state index in [0.29, 0.717) is 127 Å². The van der Waals surface area contributed by atoms with Gasteiger partial charge in [0.1, 0.15) is 29.1 Å². The van der Waals surface area contributed by atoms with Gasteiger partial charge in [0.2, 0.25) is 25.4 Å². The number of imidazole rings is 4. The molecule has 135 heavy (non-hydrogen) atoms. The number of hydrogen-bond acceptors (Lipinski definition) is 18. The van der Waals surface area contributed by atoms with Gasteiger partial charge in [0.05, 0.1) is 103 Å². The molecule has 11 atom stereocenters. The zero-order valence-corrected chi connectivity index (χ0v) is 78.6. The second kappa shape index (κ2) is 42.0. The molecule has 722 valence electrons. The third-order valence-corrected chi connectivity index (χ3v) is 26.8. The fraction of sp³-hybridized carbons (Fsp3) is 0.446. The summed E-state index contributed by atoms with van der Waals surface area (Å²) in [5, 5.41) is 32.9. The Balaban J connectivity index is 0.000000152. The van der Waals surface area contributed by atoms with E-state index >= 15 is 0 Å². The summed E-state index contributed by atoms with van der Waals surface area (Å²) in [5.74, 6) is -2.94. The predicted molar refractivity (Wildman–Crippen MR) is 504 cm³/mol. The fourth-order valence-electron chi connectivity index (χ4n) is 18.5. The van der Waals surface area contributed by atoms with Crippen molar-refractivity contribution in [1.82, 2.24) is 41.9 Å². The number of ether oxygens (including phenoxy) is 5. The summed E-state index contributed by atoms with van der Waals surface area (Å²) >= 11 is 0. The molecule has 0 radical (unpaired) electrons. The van der Waals surface area contributed by atoms with Crippen LogP contribution in [0.2, 0.25) is 0 Å². The maximum Gasteiger partial charge on any atom is 0.333 e. The molecular weight excluding hydrogens is 1770 g/mol. The van der Waals surface area contributed by atoms with Crippen LogP contribution in [-0.4, -0.2) is 164 Å². The van der Waals surface area contributed by atoms with E-state index in [0.717, 1.165) is 25.7 Å². The van der Waals surface area contributed by atoms with E-state index in [1.165, 1.54) is 53.5 Å². The van der Waals surface area contributed by atoms with Gasteiger partial charge in [-0.05, 0) is 232 Å². The zero-order chi connectivity index (χ0) is 97.7. The Labute approximate surface area is 776 Å². The van der Waals surface area contributed by atoms with Gasteiger partial charge in [0, 0.05) is 131 Å². The van der Waals surface area contributed by atoms with Crippen molar-refractivity contribution in [2.45, 2.75) is 247 Å². The highest BCUT2D eigenvalue weighted by molar-refractivity contribution is 7.91. The van der Waals surface area contributed by atoms with Gasteiger partial charge in [-0.2, -0.15) is 0 Å². The molecule has 8 aromatic carbocycles. The largest absolute Gasteiger partial charge is 0.461 e. The number of ketones is 3. The highest BCUT2D eigenvalue weighted by Crippen LogP contribution is 2.40. The molecule has 2 aliphatic carbocycles. The van der Waals surface area contributed by atoms with Crippen LogP contribution in [0.1, 0.15) is 233 Å². The van der Waals surface area contributed by atoms with Crippen molar-refractivity contribution in [1.29, 1.82) is 0 Å². The van der Waals surface area contributed by atoms with E-state index in [-0.39, 0.29) is 131 Å². The van der Waals surface area contributed by atoms with Crippen molar-refractivity contribution in [3.8, 4) is 45.7 Å². The SMILES string of the molecule is CC(F)Oc1cccc(-n2c(=O)n(C(C)C)c3cc(C(=O)C[C@@H]4CCCC[C@H]4O)ccc32)c1.CC(F)Oc1cccc(-n2c(=O)n(C(C)C)c3cc(C(=O)C[C@@]4(C)CCS(=O)(=O)C4)ccc32)c1.CC(F)Oc1cccc(-n2c(=O)n(C(C)C)c3cc(C(=O)C[C@H]4CCOC[C@@H]4O)ccc32)c1.CC(F)Oc1cccc(-n2c(=O)n(C(C)C)c3cc(C(=O)N[C@H]4CCCC(F)(F)[C@@H]4O)ccc32)c1. The van der Waals surface area contributed by atoms with Gasteiger partial charge < -0.3 is 44.3 Å². The molecule has 4 aliphatic rings. The van der Waals surface area contributed by atoms with Gasteiger partial charge in [-0.25, -0.2) is 53.9 Å². The Morgan fingerprint density at radius 2 is 0.770 bits per heavy atom. The molecule has 4 unspecified atom stereocenters. The molecule has 1 amide bonds. The van der Waals surface area contributed by atoms with Crippen LogP contribution in [-0.2, 0) is 14.6 Å². The lowest BCUT2D eigenvalue weighted by atomic mass is 9.82. The molecule has 27 nitrogen and oxygen atoms in total. The molecular formula is C101H117F6N9O18S. The number of rotatable bonds is 27. The molecule has 16 rings (SSSR count). The summed E-state index contributed by atoms with van der Waals surface area (Å²) in [6, 6.07) is 45.0. The average molecular weight is 1890 g/mol. The van der Waals surface area contributed by atoms with E-state index in [4.69, 9.17) is 23.7 Å². The van der Waals surface area contributed by atoms with E-state index in [2.05, 4.69) is 5.32 Å². The number of carbonyl (C=O) groups is 4. The van der Waals surface area contributed by atoms with E-state index in [1.54, 1.807) is 181 Å². The molecule has 4 aromatic heterocycles. The number of aromatic nitrogens is 8. The molecule has 2 saturated heterocycles. The molecule has 0 bridgehead atoms. The number of nitrogens with zero attached hydrogens (tertiary/aromatic N) is 8. The van der Waals surface area contributed by atoms with E-state index < -0.39 is 83.3 Å². The van der Waals surface area contributed by atoms with Crippen molar-refractivity contribution < 1.29 is 92.9 Å². The molecule has 2 saturated carbocycles. The summed E-state index contributed by atoms with van der Waals surface area (Å²) in [5.41, 5.74) is 6.81. The Hall–Kier alpha value is -12.1. The Morgan fingerprint density at radius 1 is 0.430 bits per heavy atom. The maximum atomic E-state index is 13.9. The normalized spacial score (nSPS) is 20.2. The number of benzene rings is 8. The topological polar surface area (TPSA) is 329 Å². The van der Waals surface area contributed by atoms with Crippen LogP contribution in [0.5, 0.6) is 23.0 Å². The number of sulfone groups is 1. The second-order valence-electron chi connectivity index (χ2n) is 36.8. The number of amides is 1. The average Bonchev–Trinajstić information content (AvgIpc) is 1.61. The van der Waals surface area contributed by atoms with Gasteiger partial charge in [-0.15, -0.1) is 0 Å². The minimum Gasteiger partial charge on any atom is -0.461 e. The number of fused-ring (bicyclic) bond motifs is 4. The molecule has 34 heteroatoms. The van der Waals surface area contributed by atoms with E-state index in [9.17, 15) is 88.4 Å². The van der Waals surface area contributed by atoms with Crippen molar-refractivity contribution in [2.75, 3.05) is 24.7 Å². The number of aliphatic hydroxyl groups excluding tert-OH is 3. The summed E-state index contributed by atoms with van der Waals surface area (Å²) in [4.78, 5) is 106. The molecule has 4 N–H and O–H groups in total. The standard InChI is InChI=1S/C26H31FN2O4.C25H28F3N3O4.C25H29FN2O5S.C25H29FN2O5/c1-16(2)28-23-13-19(25(31)14-18-7-4-5-10-24(18)30)11-12-22(23)29(26(28)32)20-8-6-9-21(15-20)33-17(3)27;1-14(2)30-21-12-16(23(33)29-19-8-5-11-25(27,28)22(19)32)9-10-20(21)31(24(30)34)17-6-4-7-18(13-17)35-15(3)26;1-16(2)27-22-12-18(23(29)14-25(4)10-11-34(31,32)15-25)8-9-21(22)28(24(27)30)19-6-5-7-20(13-19)33-17(3)26;1-15(2)27-22-11-17(23(29)12-18-9-10-32-14-24(18)30)7-8-21(22)28(25(27)31)19-5-4-6-20(13-19)33-16(3)26/h6,8-9,11-13,15-18,24,30H,4-5,7,10,14H2,1-3H3;4,6-7,9-10,12-15,19,22,32H,5,8,11H2,1-3H3,(H,29,33);5-9,12-13,16-17H,10-11,14-15H2,1-4H3;4-8,11,13,15-16,18,24,30H,9-10,12,14H2,1-3H3/t17?,18-,24+;15?,19-,22+;17?,25-;16?,18-,24+/m0011/s1. The Kier molecular flexibility index (Phi) is 31.2. The quantitative estimate of drug-likeness (QED) is 0.0274.